The molecule has 0 spiro atoms. The number of ether oxygens (including phenoxy) is 3. The average molecular weight is 1290 g/mol. The summed E-state index contributed by atoms with van der Waals surface area (Å²) in [5.74, 6) is -1.66. The topological polar surface area (TPSA) is 231 Å². The molecular weight excluding hydrogens is 1170 g/mol. The summed E-state index contributed by atoms with van der Waals surface area (Å²) in [4.78, 5) is 58.3. The molecule has 0 aromatic carbocycles. The molecule has 0 rings (SSSR count). The minimum atomic E-state index is -4.94. The molecule has 506 valence electrons. The van der Waals surface area contributed by atoms with E-state index in [1.54, 1.807) is 0 Å². The number of hydrogen-bond donors (Lipinski definition) is 4. The summed E-state index contributed by atoms with van der Waals surface area (Å²) in [7, 11) is -9.80. The fraction of sp³-hybridized carbons (Fsp3) is 0.620. The van der Waals surface area contributed by atoms with Crippen molar-refractivity contribution in [3.05, 3.63) is 146 Å². The van der Waals surface area contributed by atoms with Gasteiger partial charge in [0.2, 0.25) is 0 Å². The van der Waals surface area contributed by atoms with Crippen molar-refractivity contribution in [1.29, 1.82) is 0 Å². The van der Waals surface area contributed by atoms with Crippen LogP contribution in [0.2, 0.25) is 0 Å². The number of unbranched alkanes of at least 4 members (excludes halogenated alkanes) is 14. The van der Waals surface area contributed by atoms with Gasteiger partial charge in [0, 0.05) is 19.3 Å². The maximum Gasteiger partial charge on any atom is 0.472 e. The van der Waals surface area contributed by atoms with Crippen molar-refractivity contribution < 1.29 is 75.8 Å². The van der Waals surface area contributed by atoms with Gasteiger partial charge >= 0.3 is 33.6 Å². The van der Waals surface area contributed by atoms with Crippen molar-refractivity contribution in [2.45, 2.75) is 245 Å². The second-order valence-electron chi connectivity index (χ2n) is 21.5. The number of aliphatic hydroxyl groups excluding tert-OH is 2. The highest BCUT2D eigenvalue weighted by atomic mass is 31.2. The van der Waals surface area contributed by atoms with Gasteiger partial charge in [0.1, 0.15) is 25.4 Å². The number of phosphoric acid groups is 2. The van der Waals surface area contributed by atoms with E-state index in [0.29, 0.717) is 19.3 Å². The standard InChI is InChI=1S/C71H116O16P2/c1-4-7-10-13-16-19-22-25-28-30-31-32-33-35-38-39-42-45-48-51-54-57-69(74)81-60-66(72)61-83-88(77,78)84-62-67(73)63-85-89(79,80)86-65-68(87-71(76)59-56-53-50-47-44-41-36-27-24-21-18-15-12-9-6-3)64-82-70(75)58-55-52-49-46-43-40-37-34-29-26-23-20-17-14-11-8-5-2/h7-12,16-21,25-29,31-32,35-36,38,42,45,66-68,72-73H,4-6,13-15,22-24,30,33-34,37,39-41,43-44,46-65H2,1-3H3,(H,77,78)(H,79,80)/b10-7-,11-8-,12-9-,19-16-,20-17-,21-18-,28-25-,29-26-,32-31-,36-27-,38-35-,45-42-. The fourth-order valence-corrected chi connectivity index (χ4v) is 9.66. The third kappa shape index (κ3) is 64.8. The molecule has 0 saturated heterocycles. The van der Waals surface area contributed by atoms with Crippen LogP contribution >= 0.6 is 15.6 Å². The van der Waals surface area contributed by atoms with Gasteiger partial charge < -0.3 is 34.2 Å². The molecule has 18 heteroatoms. The van der Waals surface area contributed by atoms with Gasteiger partial charge in [-0.1, -0.05) is 218 Å². The quantitative estimate of drug-likeness (QED) is 0.0146. The van der Waals surface area contributed by atoms with E-state index in [9.17, 15) is 43.5 Å². The molecule has 89 heavy (non-hydrogen) atoms. The number of carbonyl (C=O) groups excluding carboxylic acids is 3. The van der Waals surface area contributed by atoms with Crippen LogP contribution in [0.25, 0.3) is 0 Å². The zero-order valence-electron chi connectivity index (χ0n) is 54.5. The van der Waals surface area contributed by atoms with Crippen LogP contribution in [0.5, 0.6) is 0 Å². The number of aliphatic hydroxyl groups is 2. The minimum absolute atomic E-state index is 0.0769. The zero-order chi connectivity index (χ0) is 65.3. The molecule has 5 atom stereocenters. The second kappa shape index (κ2) is 63.6. The van der Waals surface area contributed by atoms with Crippen LogP contribution in [0.3, 0.4) is 0 Å². The van der Waals surface area contributed by atoms with Gasteiger partial charge in [-0.25, -0.2) is 9.13 Å². The second-order valence-corrected chi connectivity index (χ2v) is 24.4. The first-order valence-electron chi connectivity index (χ1n) is 33.1. The van der Waals surface area contributed by atoms with Crippen LogP contribution in [-0.2, 0) is 55.8 Å². The number of carbonyl (C=O) groups is 3. The van der Waals surface area contributed by atoms with E-state index in [2.05, 4.69) is 167 Å². The predicted molar refractivity (Wildman–Crippen MR) is 362 cm³/mol. The van der Waals surface area contributed by atoms with E-state index in [4.69, 9.17) is 32.3 Å². The van der Waals surface area contributed by atoms with Crippen molar-refractivity contribution in [3.63, 3.8) is 0 Å². The Morgan fingerprint density at radius 3 is 0.910 bits per heavy atom. The Bertz CT molecular complexity index is 2210. The highest BCUT2D eigenvalue weighted by Crippen LogP contribution is 2.45. The molecule has 0 radical (unpaired) electrons. The Labute approximate surface area is 537 Å². The van der Waals surface area contributed by atoms with E-state index in [-0.39, 0.29) is 19.3 Å². The molecule has 0 fully saturated rings. The Morgan fingerprint density at radius 1 is 0.315 bits per heavy atom. The van der Waals surface area contributed by atoms with Crippen molar-refractivity contribution in [2.75, 3.05) is 39.6 Å². The number of rotatable bonds is 61. The van der Waals surface area contributed by atoms with Crippen molar-refractivity contribution in [2.24, 2.45) is 0 Å². The molecule has 16 nitrogen and oxygen atoms in total. The van der Waals surface area contributed by atoms with Gasteiger partial charge in [0.05, 0.1) is 26.4 Å². The van der Waals surface area contributed by atoms with Crippen LogP contribution in [0.1, 0.15) is 226 Å². The smallest absolute Gasteiger partial charge is 0.463 e. The van der Waals surface area contributed by atoms with Crippen LogP contribution in [0, 0.1) is 0 Å². The van der Waals surface area contributed by atoms with Crippen LogP contribution in [0.4, 0.5) is 0 Å². The van der Waals surface area contributed by atoms with Crippen molar-refractivity contribution in [3.8, 4) is 0 Å². The molecule has 0 aliphatic heterocycles. The Kier molecular flexibility index (Phi) is 60.3. The molecule has 5 unspecified atom stereocenters. The number of phosphoric ester groups is 2. The molecule has 4 N–H and O–H groups in total. The van der Waals surface area contributed by atoms with Gasteiger partial charge in [-0.05, 0) is 135 Å². The lowest BCUT2D eigenvalue weighted by molar-refractivity contribution is -0.161. The van der Waals surface area contributed by atoms with E-state index in [1.807, 2.05) is 0 Å². The van der Waals surface area contributed by atoms with E-state index < -0.39 is 91.5 Å². The lowest BCUT2D eigenvalue weighted by Gasteiger charge is -2.21. The van der Waals surface area contributed by atoms with Gasteiger partial charge in [-0.15, -0.1) is 0 Å². The van der Waals surface area contributed by atoms with Crippen LogP contribution in [0.15, 0.2) is 146 Å². The first-order chi connectivity index (χ1) is 43.2. The Morgan fingerprint density at radius 2 is 0.562 bits per heavy atom. The van der Waals surface area contributed by atoms with Gasteiger partial charge in [0.15, 0.2) is 6.10 Å². The van der Waals surface area contributed by atoms with E-state index in [0.717, 1.165) is 167 Å². The van der Waals surface area contributed by atoms with Crippen LogP contribution in [-0.4, -0.2) is 95.9 Å². The van der Waals surface area contributed by atoms with Crippen molar-refractivity contribution >= 4 is 33.6 Å². The Hall–Kier alpha value is -4.57. The normalized spacial score (nSPS) is 15.2. The Balaban J connectivity index is 4.73. The van der Waals surface area contributed by atoms with Gasteiger partial charge in [-0.3, -0.25) is 32.5 Å². The summed E-state index contributed by atoms with van der Waals surface area (Å²) in [6.07, 6.45) is 74.7. The summed E-state index contributed by atoms with van der Waals surface area (Å²) < 4.78 is 60.8. The number of allylic oxidation sites excluding steroid dienone is 24. The molecule has 0 aromatic rings. The van der Waals surface area contributed by atoms with Gasteiger partial charge in [-0.2, -0.15) is 0 Å². The number of hydrogen-bond acceptors (Lipinski definition) is 14. The first-order valence-corrected chi connectivity index (χ1v) is 36.1. The molecule has 0 saturated carbocycles. The number of esters is 3. The largest absolute Gasteiger partial charge is 0.472 e. The molecule has 0 aliphatic rings. The zero-order valence-corrected chi connectivity index (χ0v) is 56.3. The molecule has 0 bridgehead atoms. The van der Waals surface area contributed by atoms with Crippen molar-refractivity contribution in [1.82, 2.24) is 0 Å². The molecular formula is C71H116O16P2. The minimum Gasteiger partial charge on any atom is -0.463 e. The third-order valence-corrected chi connectivity index (χ3v) is 14.9. The maximum atomic E-state index is 12.9. The molecule has 0 amide bonds. The average Bonchev–Trinajstić information content (AvgIpc) is 3.63. The van der Waals surface area contributed by atoms with Crippen LogP contribution < -0.4 is 0 Å². The third-order valence-electron chi connectivity index (χ3n) is 13.0. The first kappa shape index (κ1) is 84.4. The predicted octanol–water partition coefficient (Wildman–Crippen LogP) is 18.2. The maximum absolute atomic E-state index is 12.9. The summed E-state index contributed by atoms with van der Waals surface area (Å²) in [6.45, 7) is 2.21. The SMILES string of the molecule is CC/C=C\C/C=C\C/C=C\C/C=C\C/C=C\C/C=C\CCCCC(=O)OCC(O)COP(=O)(O)OCC(O)COP(=O)(O)OCC(COC(=O)CCCCCCCCC/C=C\C/C=C\C/C=C\CC)OC(=O)CCCCCCC/C=C\C/C=C\C/C=C\CC. The van der Waals surface area contributed by atoms with E-state index >= 15 is 0 Å². The lowest BCUT2D eigenvalue weighted by atomic mass is 10.1. The monoisotopic (exact) mass is 1290 g/mol. The summed E-state index contributed by atoms with van der Waals surface area (Å²) in [5.41, 5.74) is 0. The highest BCUT2D eigenvalue weighted by Gasteiger charge is 2.29. The highest BCUT2D eigenvalue weighted by molar-refractivity contribution is 7.47. The van der Waals surface area contributed by atoms with Gasteiger partial charge in [0.25, 0.3) is 0 Å². The molecule has 0 aliphatic carbocycles. The summed E-state index contributed by atoms with van der Waals surface area (Å²) in [6, 6.07) is 0. The van der Waals surface area contributed by atoms with E-state index in [1.165, 1.54) is 0 Å². The fourth-order valence-electron chi connectivity index (χ4n) is 8.07. The molecule has 0 heterocycles. The molecule has 0 aromatic heterocycles. The lowest BCUT2D eigenvalue weighted by Crippen LogP contribution is -2.30. The summed E-state index contributed by atoms with van der Waals surface area (Å²) >= 11 is 0. The summed E-state index contributed by atoms with van der Waals surface area (Å²) in [5, 5.41) is 20.5.